The Kier molecular flexibility index (Phi) is 3.55. The van der Waals surface area contributed by atoms with Crippen molar-refractivity contribution < 1.29 is 13.2 Å². The summed E-state index contributed by atoms with van der Waals surface area (Å²) in [6.07, 6.45) is -3.34. The summed E-state index contributed by atoms with van der Waals surface area (Å²) in [7, 11) is 0. The number of aromatic nitrogens is 3. The molecule has 0 fully saturated rings. The van der Waals surface area contributed by atoms with Gasteiger partial charge in [0, 0.05) is 6.20 Å². The van der Waals surface area contributed by atoms with Gasteiger partial charge >= 0.3 is 6.18 Å². The lowest BCUT2D eigenvalue weighted by Crippen LogP contribution is -2.10. The Labute approximate surface area is 116 Å². The number of hydrogen-bond donors (Lipinski definition) is 1. The SMILES string of the molecule is N#Cc1c(C(F)(F)F)nn(Cc2ccc(Cl)nc2)c1N. The molecule has 0 unspecified atom stereocenters. The molecule has 104 valence electrons. The van der Waals surface area contributed by atoms with Crippen LogP contribution in [0, 0.1) is 11.3 Å². The Morgan fingerprint density at radius 1 is 1.40 bits per heavy atom. The molecule has 0 atom stereocenters. The molecule has 5 nitrogen and oxygen atoms in total. The van der Waals surface area contributed by atoms with Crippen molar-refractivity contribution in [2.75, 3.05) is 5.73 Å². The van der Waals surface area contributed by atoms with E-state index < -0.39 is 17.4 Å². The molecule has 20 heavy (non-hydrogen) atoms. The fourth-order valence-corrected chi connectivity index (χ4v) is 1.69. The van der Waals surface area contributed by atoms with Crippen LogP contribution in [0.3, 0.4) is 0 Å². The van der Waals surface area contributed by atoms with Gasteiger partial charge in [-0.2, -0.15) is 23.5 Å². The summed E-state index contributed by atoms with van der Waals surface area (Å²) in [5.74, 6) is -0.338. The largest absolute Gasteiger partial charge is 0.436 e. The Bertz CT molecular complexity index is 669. The third-order valence-electron chi connectivity index (χ3n) is 2.49. The van der Waals surface area contributed by atoms with Crippen molar-refractivity contribution in [2.45, 2.75) is 12.7 Å². The minimum Gasteiger partial charge on any atom is -0.383 e. The Morgan fingerprint density at radius 3 is 2.55 bits per heavy atom. The van der Waals surface area contributed by atoms with E-state index in [2.05, 4.69) is 10.1 Å². The number of anilines is 1. The van der Waals surface area contributed by atoms with E-state index in [1.165, 1.54) is 18.3 Å². The highest BCUT2D eigenvalue weighted by molar-refractivity contribution is 6.29. The predicted molar refractivity (Wildman–Crippen MR) is 64.7 cm³/mol. The fourth-order valence-electron chi connectivity index (χ4n) is 1.58. The van der Waals surface area contributed by atoms with Crippen molar-refractivity contribution in [3.8, 4) is 6.07 Å². The maximum absolute atomic E-state index is 12.7. The first-order valence-corrected chi connectivity index (χ1v) is 5.64. The van der Waals surface area contributed by atoms with E-state index in [1.54, 1.807) is 6.07 Å². The van der Waals surface area contributed by atoms with E-state index in [0.717, 1.165) is 4.68 Å². The molecule has 0 aliphatic rings. The van der Waals surface area contributed by atoms with Crippen LogP contribution in [0.15, 0.2) is 18.3 Å². The zero-order chi connectivity index (χ0) is 14.9. The molecule has 0 aromatic carbocycles. The molecule has 0 aliphatic carbocycles. The lowest BCUT2D eigenvalue weighted by molar-refractivity contribution is -0.141. The highest BCUT2D eigenvalue weighted by atomic mass is 35.5. The van der Waals surface area contributed by atoms with E-state index in [9.17, 15) is 13.2 Å². The summed E-state index contributed by atoms with van der Waals surface area (Å²) >= 11 is 5.61. The lowest BCUT2D eigenvalue weighted by atomic mass is 10.2. The second-order valence-corrected chi connectivity index (χ2v) is 4.25. The summed E-state index contributed by atoms with van der Waals surface area (Å²) in [5.41, 5.74) is 4.10. The minimum absolute atomic E-state index is 0.0409. The topological polar surface area (TPSA) is 80.5 Å². The average Bonchev–Trinajstić information content (AvgIpc) is 2.69. The number of nitrogens with zero attached hydrogens (tertiary/aromatic N) is 4. The van der Waals surface area contributed by atoms with E-state index in [1.807, 2.05) is 0 Å². The summed E-state index contributed by atoms with van der Waals surface area (Å²) in [6.45, 7) is -0.0409. The molecule has 0 bridgehead atoms. The number of nitrogens with two attached hydrogens (primary N) is 1. The van der Waals surface area contributed by atoms with Gasteiger partial charge in [-0.15, -0.1) is 0 Å². The van der Waals surface area contributed by atoms with Crippen molar-refractivity contribution in [3.05, 3.63) is 40.3 Å². The van der Waals surface area contributed by atoms with Gasteiger partial charge in [-0.25, -0.2) is 9.67 Å². The molecule has 0 aliphatic heterocycles. The normalized spacial score (nSPS) is 11.3. The number of nitriles is 1. The first kappa shape index (κ1) is 14.1. The second kappa shape index (κ2) is 5.02. The third-order valence-corrected chi connectivity index (χ3v) is 2.72. The molecular formula is C11H7ClF3N5. The van der Waals surface area contributed by atoms with Gasteiger partial charge in [0.15, 0.2) is 5.69 Å². The molecule has 2 rings (SSSR count). The van der Waals surface area contributed by atoms with Crippen LogP contribution in [0.1, 0.15) is 16.8 Å². The Morgan fingerprint density at radius 2 is 2.10 bits per heavy atom. The van der Waals surface area contributed by atoms with Crippen LogP contribution in [0.5, 0.6) is 0 Å². The Hall–Kier alpha value is -2.27. The zero-order valence-corrected chi connectivity index (χ0v) is 10.6. The van der Waals surface area contributed by atoms with Crippen LogP contribution in [-0.2, 0) is 12.7 Å². The fraction of sp³-hybridized carbons (Fsp3) is 0.182. The number of rotatable bonds is 2. The van der Waals surface area contributed by atoms with Gasteiger partial charge in [-0.05, 0) is 11.6 Å². The standard InChI is InChI=1S/C11H7ClF3N5/c12-8-2-1-6(4-18-8)5-20-10(17)7(3-16)9(19-20)11(13,14)15/h1-2,4H,5,17H2. The highest BCUT2D eigenvalue weighted by Gasteiger charge is 2.39. The molecule has 2 aromatic rings. The molecule has 2 heterocycles. The lowest BCUT2D eigenvalue weighted by Gasteiger charge is -2.04. The first-order valence-electron chi connectivity index (χ1n) is 5.27. The van der Waals surface area contributed by atoms with Gasteiger partial charge in [0.25, 0.3) is 0 Å². The monoisotopic (exact) mass is 301 g/mol. The van der Waals surface area contributed by atoms with Crippen molar-refractivity contribution in [2.24, 2.45) is 0 Å². The number of nitrogen functional groups attached to an aromatic ring is 1. The molecule has 0 saturated carbocycles. The molecular weight excluding hydrogens is 295 g/mol. The van der Waals surface area contributed by atoms with Gasteiger partial charge in [0.2, 0.25) is 0 Å². The van der Waals surface area contributed by atoms with Crippen molar-refractivity contribution in [3.63, 3.8) is 0 Å². The van der Waals surface area contributed by atoms with Crippen molar-refractivity contribution in [1.29, 1.82) is 5.26 Å². The molecule has 0 amide bonds. The summed E-state index contributed by atoms with van der Waals surface area (Å²) < 4.78 is 39.0. The summed E-state index contributed by atoms with van der Waals surface area (Å²) in [6, 6.07) is 4.49. The zero-order valence-electron chi connectivity index (χ0n) is 9.82. The smallest absolute Gasteiger partial charge is 0.383 e. The first-order chi connectivity index (χ1) is 9.32. The summed E-state index contributed by atoms with van der Waals surface area (Å²) in [4.78, 5) is 3.80. The van der Waals surface area contributed by atoms with Gasteiger partial charge in [0.1, 0.15) is 22.6 Å². The van der Waals surface area contributed by atoms with Gasteiger partial charge in [-0.1, -0.05) is 17.7 Å². The van der Waals surface area contributed by atoms with Crippen LogP contribution in [0.25, 0.3) is 0 Å². The molecule has 2 N–H and O–H groups in total. The van der Waals surface area contributed by atoms with E-state index in [4.69, 9.17) is 22.6 Å². The predicted octanol–water partition coefficient (Wildman–Crippen LogP) is 2.45. The second-order valence-electron chi connectivity index (χ2n) is 3.87. The maximum Gasteiger partial charge on any atom is 0.436 e. The Balaban J connectivity index is 2.41. The van der Waals surface area contributed by atoms with Crippen LogP contribution >= 0.6 is 11.6 Å². The van der Waals surface area contributed by atoms with Crippen LogP contribution in [0.2, 0.25) is 5.15 Å². The number of hydrogen-bond acceptors (Lipinski definition) is 4. The van der Waals surface area contributed by atoms with Gasteiger partial charge in [0.05, 0.1) is 6.54 Å². The van der Waals surface area contributed by atoms with E-state index >= 15 is 0 Å². The van der Waals surface area contributed by atoms with Crippen LogP contribution in [-0.4, -0.2) is 14.8 Å². The number of alkyl halides is 3. The number of pyridine rings is 1. The molecule has 2 aromatic heterocycles. The molecule has 0 saturated heterocycles. The molecule has 0 radical (unpaired) electrons. The van der Waals surface area contributed by atoms with Crippen LogP contribution in [0.4, 0.5) is 19.0 Å². The molecule has 9 heteroatoms. The maximum atomic E-state index is 12.7. The van der Waals surface area contributed by atoms with Gasteiger partial charge < -0.3 is 5.73 Å². The minimum atomic E-state index is -4.73. The van der Waals surface area contributed by atoms with E-state index in [-0.39, 0.29) is 17.5 Å². The molecule has 0 spiro atoms. The highest BCUT2D eigenvalue weighted by Crippen LogP contribution is 2.33. The van der Waals surface area contributed by atoms with E-state index in [0.29, 0.717) is 5.56 Å². The summed E-state index contributed by atoms with van der Waals surface area (Å²) in [5, 5.41) is 12.4. The number of halogens is 4. The van der Waals surface area contributed by atoms with Crippen LogP contribution < -0.4 is 5.73 Å². The average molecular weight is 302 g/mol. The third kappa shape index (κ3) is 2.67. The quantitative estimate of drug-likeness (QED) is 0.864. The van der Waals surface area contributed by atoms with Gasteiger partial charge in [-0.3, -0.25) is 0 Å². The van der Waals surface area contributed by atoms with Crippen molar-refractivity contribution in [1.82, 2.24) is 14.8 Å². The van der Waals surface area contributed by atoms with Crippen molar-refractivity contribution >= 4 is 17.4 Å².